The number of carbonyl (C=O) groups excluding carboxylic acids is 1. The van der Waals surface area contributed by atoms with Gasteiger partial charge in [0.2, 0.25) is 0 Å². The lowest BCUT2D eigenvalue weighted by atomic mass is 10.1. The number of amides is 1. The maximum Gasteiger partial charge on any atom is 0.261 e. The molecule has 0 atom stereocenters. The normalized spacial score (nSPS) is 10.6. The van der Waals surface area contributed by atoms with E-state index in [-0.39, 0.29) is 5.56 Å². The van der Waals surface area contributed by atoms with Crippen LogP contribution in [0.3, 0.4) is 0 Å². The topological polar surface area (TPSA) is 90.6 Å². The molecule has 3 N–H and O–H groups in total. The number of imidazole rings is 1. The predicted molar refractivity (Wildman–Crippen MR) is 76.2 cm³/mol. The van der Waals surface area contributed by atoms with Gasteiger partial charge in [0, 0.05) is 30.6 Å². The number of aromatic amines is 2. The Kier molecular flexibility index (Phi) is 4.24. The van der Waals surface area contributed by atoms with E-state index in [9.17, 15) is 9.59 Å². The summed E-state index contributed by atoms with van der Waals surface area (Å²) < 4.78 is 0. The Hall–Kier alpha value is -2.08. The molecule has 0 aromatic carbocycles. The zero-order valence-electron chi connectivity index (χ0n) is 11.2. The van der Waals surface area contributed by atoms with Gasteiger partial charge in [-0.15, -0.1) is 0 Å². The van der Waals surface area contributed by atoms with Gasteiger partial charge in [0.15, 0.2) is 0 Å². The van der Waals surface area contributed by atoms with Crippen LogP contribution in [-0.2, 0) is 6.42 Å². The quantitative estimate of drug-likeness (QED) is 0.795. The van der Waals surface area contributed by atoms with E-state index in [1.165, 1.54) is 0 Å². The molecule has 0 radical (unpaired) electrons. The van der Waals surface area contributed by atoms with Gasteiger partial charge >= 0.3 is 0 Å². The highest BCUT2D eigenvalue weighted by Crippen LogP contribution is 2.18. The molecule has 106 valence electrons. The first kappa shape index (κ1) is 14.3. The van der Waals surface area contributed by atoms with E-state index in [0.717, 1.165) is 5.69 Å². The fourth-order valence-corrected chi connectivity index (χ4v) is 2.08. The number of aromatic nitrogens is 3. The molecule has 0 saturated heterocycles. The van der Waals surface area contributed by atoms with Crippen LogP contribution in [0.25, 0.3) is 0 Å². The number of carbonyl (C=O) groups is 1. The van der Waals surface area contributed by atoms with Crippen LogP contribution in [0.1, 0.15) is 27.3 Å². The summed E-state index contributed by atoms with van der Waals surface area (Å²) in [6.45, 7) is 3.76. The van der Waals surface area contributed by atoms with E-state index in [1.54, 1.807) is 26.4 Å². The van der Waals surface area contributed by atoms with E-state index in [0.29, 0.717) is 29.2 Å². The van der Waals surface area contributed by atoms with Gasteiger partial charge in [0.05, 0.1) is 11.3 Å². The lowest BCUT2D eigenvalue weighted by Crippen LogP contribution is -2.32. The third kappa shape index (κ3) is 2.91. The highest BCUT2D eigenvalue weighted by molar-refractivity contribution is 6.32. The highest BCUT2D eigenvalue weighted by Gasteiger charge is 2.17. The van der Waals surface area contributed by atoms with Gasteiger partial charge in [-0.1, -0.05) is 11.6 Å². The van der Waals surface area contributed by atoms with E-state index in [2.05, 4.69) is 20.3 Å². The van der Waals surface area contributed by atoms with Crippen molar-refractivity contribution < 1.29 is 4.79 Å². The average Bonchev–Trinajstić information content (AvgIpc) is 2.89. The summed E-state index contributed by atoms with van der Waals surface area (Å²) in [6.07, 6.45) is 3.88. The summed E-state index contributed by atoms with van der Waals surface area (Å²) in [5, 5.41) is 3.11. The summed E-state index contributed by atoms with van der Waals surface area (Å²) in [5.41, 5.74) is 1.60. The molecule has 0 fully saturated rings. The molecular weight excluding hydrogens is 280 g/mol. The van der Waals surface area contributed by atoms with Gasteiger partial charge in [-0.2, -0.15) is 0 Å². The number of nitrogens with zero attached hydrogens (tertiary/aromatic N) is 1. The number of pyridine rings is 1. The maximum atomic E-state index is 12.1. The molecule has 0 aliphatic rings. The molecule has 2 aromatic rings. The summed E-state index contributed by atoms with van der Waals surface area (Å²) in [7, 11) is 0. The lowest BCUT2D eigenvalue weighted by molar-refractivity contribution is 0.0952. The third-order valence-electron chi connectivity index (χ3n) is 3.02. The zero-order valence-corrected chi connectivity index (χ0v) is 12.0. The SMILES string of the molecule is Cc1[nH]c(=O)c(C(=O)NCCc2cnc[nH]2)c(C)c1Cl. The summed E-state index contributed by atoms with van der Waals surface area (Å²) in [5.74, 6) is -0.426. The molecule has 2 aromatic heterocycles. The van der Waals surface area contributed by atoms with Crippen LogP contribution in [0.4, 0.5) is 0 Å². The summed E-state index contributed by atoms with van der Waals surface area (Å²) >= 11 is 6.05. The Labute approximate surface area is 120 Å². The molecule has 2 heterocycles. The molecule has 1 amide bonds. The minimum absolute atomic E-state index is 0.0604. The molecule has 0 bridgehead atoms. The highest BCUT2D eigenvalue weighted by atomic mass is 35.5. The van der Waals surface area contributed by atoms with E-state index in [4.69, 9.17) is 11.6 Å². The van der Waals surface area contributed by atoms with Gasteiger partial charge in [-0.25, -0.2) is 4.98 Å². The van der Waals surface area contributed by atoms with E-state index >= 15 is 0 Å². The van der Waals surface area contributed by atoms with Crippen LogP contribution >= 0.6 is 11.6 Å². The first-order valence-electron chi connectivity index (χ1n) is 6.15. The molecule has 2 rings (SSSR count). The third-order valence-corrected chi connectivity index (χ3v) is 3.59. The van der Waals surface area contributed by atoms with Gasteiger partial charge in [-0.05, 0) is 19.4 Å². The number of aryl methyl sites for hydroxylation is 1. The Bertz CT molecular complexity index is 676. The fourth-order valence-electron chi connectivity index (χ4n) is 1.94. The minimum atomic E-state index is -0.427. The average molecular weight is 295 g/mol. The number of halogens is 1. The van der Waals surface area contributed by atoms with Crippen molar-refractivity contribution in [3.63, 3.8) is 0 Å². The number of nitrogens with one attached hydrogen (secondary N) is 3. The molecule has 0 saturated carbocycles. The minimum Gasteiger partial charge on any atom is -0.351 e. The van der Waals surface area contributed by atoms with Crippen molar-refractivity contribution in [2.75, 3.05) is 6.54 Å². The van der Waals surface area contributed by atoms with Crippen LogP contribution in [0.15, 0.2) is 17.3 Å². The molecular formula is C13H15ClN4O2. The predicted octanol–water partition coefficient (Wildman–Crippen LogP) is 1.34. The van der Waals surface area contributed by atoms with Gasteiger partial charge in [0.1, 0.15) is 5.56 Å². The lowest BCUT2D eigenvalue weighted by Gasteiger charge is -2.09. The van der Waals surface area contributed by atoms with Crippen molar-refractivity contribution >= 4 is 17.5 Å². The van der Waals surface area contributed by atoms with Crippen molar-refractivity contribution in [2.24, 2.45) is 0 Å². The van der Waals surface area contributed by atoms with Crippen LogP contribution < -0.4 is 10.9 Å². The van der Waals surface area contributed by atoms with Crippen LogP contribution in [0.2, 0.25) is 5.02 Å². The van der Waals surface area contributed by atoms with E-state index in [1.807, 2.05) is 0 Å². The van der Waals surface area contributed by atoms with Crippen molar-refractivity contribution in [3.8, 4) is 0 Å². The molecule has 7 heteroatoms. The Balaban J connectivity index is 2.10. The van der Waals surface area contributed by atoms with Crippen LogP contribution in [0, 0.1) is 13.8 Å². The molecule has 20 heavy (non-hydrogen) atoms. The maximum absolute atomic E-state index is 12.1. The summed E-state index contributed by atoms with van der Waals surface area (Å²) in [4.78, 5) is 33.3. The largest absolute Gasteiger partial charge is 0.351 e. The van der Waals surface area contributed by atoms with Crippen molar-refractivity contribution in [2.45, 2.75) is 20.3 Å². The Morgan fingerprint density at radius 2 is 2.20 bits per heavy atom. The number of rotatable bonds is 4. The van der Waals surface area contributed by atoms with Crippen molar-refractivity contribution in [1.29, 1.82) is 0 Å². The van der Waals surface area contributed by atoms with Crippen LogP contribution in [0.5, 0.6) is 0 Å². The molecule has 0 aliphatic heterocycles. The van der Waals surface area contributed by atoms with E-state index < -0.39 is 11.5 Å². The van der Waals surface area contributed by atoms with Gasteiger partial charge < -0.3 is 15.3 Å². The smallest absolute Gasteiger partial charge is 0.261 e. The molecule has 0 spiro atoms. The standard InChI is InChI=1S/C13H15ClN4O2/c1-7-10(13(20)18-8(2)11(7)14)12(19)16-4-3-9-5-15-6-17-9/h5-6H,3-4H2,1-2H3,(H,15,17)(H,16,19)(H,18,20). The van der Waals surface area contributed by atoms with Gasteiger partial charge in [-0.3, -0.25) is 9.59 Å². The number of hydrogen-bond acceptors (Lipinski definition) is 3. The number of hydrogen-bond donors (Lipinski definition) is 3. The monoisotopic (exact) mass is 294 g/mol. The second kappa shape index (κ2) is 5.92. The Morgan fingerprint density at radius 3 is 2.85 bits per heavy atom. The molecule has 0 aliphatic carbocycles. The number of H-pyrrole nitrogens is 2. The van der Waals surface area contributed by atoms with Crippen LogP contribution in [-0.4, -0.2) is 27.4 Å². The summed E-state index contributed by atoms with van der Waals surface area (Å²) in [6, 6.07) is 0. The van der Waals surface area contributed by atoms with Crippen molar-refractivity contribution in [3.05, 3.63) is 50.4 Å². The second-order valence-electron chi connectivity index (χ2n) is 4.48. The fraction of sp³-hybridized carbons (Fsp3) is 0.308. The van der Waals surface area contributed by atoms with Crippen molar-refractivity contribution in [1.82, 2.24) is 20.3 Å². The molecule has 6 nitrogen and oxygen atoms in total. The first-order chi connectivity index (χ1) is 9.50. The first-order valence-corrected chi connectivity index (χ1v) is 6.53. The van der Waals surface area contributed by atoms with Gasteiger partial charge in [0.25, 0.3) is 11.5 Å². The zero-order chi connectivity index (χ0) is 14.7. The second-order valence-corrected chi connectivity index (χ2v) is 4.85. The Morgan fingerprint density at radius 1 is 1.45 bits per heavy atom. The molecule has 0 unspecified atom stereocenters.